The highest BCUT2D eigenvalue weighted by atomic mass is 79.9. The molecule has 0 aliphatic carbocycles. The van der Waals surface area contributed by atoms with E-state index in [4.69, 9.17) is 0 Å². The molecule has 0 atom stereocenters. The molecule has 0 radical (unpaired) electrons. The molecule has 0 N–H and O–H groups in total. The number of rotatable bonds is 2. The number of thiophene rings is 4. The van der Waals surface area contributed by atoms with Crippen molar-refractivity contribution in [3.8, 4) is 22.3 Å². The first-order valence-electron chi connectivity index (χ1n) is 9.11. The molecule has 148 valence electrons. The zero-order valence-electron chi connectivity index (χ0n) is 15.5. The minimum Gasteiger partial charge on any atom is -0.142 e. The minimum absolute atomic E-state index is 1.21. The fourth-order valence-corrected chi connectivity index (χ4v) is 9.35. The molecular weight excluding hydrogens is 576 g/mol. The van der Waals surface area contributed by atoms with Crippen LogP contribution in [0.5, 0.6) is 0 Å². The Morgan fingerprint density at radius 1 is 0.433 bits per heavy atom. The zero-order chi connectivity index (χ0) is 20.5. The molecule has 0 saturated carbocycles. The Balaban J connectivity index is 0.000000161. The van der Waals surface area contributed by atoms with Gasteiger partial charge in [-0.1, -0.05) is 60.7 Å². The summed E-state index contributed by atoms with van der Waals surface area (Å²) in [6.45, 7) is 0. The van der Waals surface area contributed by atoms with Crippen LogP contribution in [0.2, 0.25) is 0 Å². The molecule has 0 aliphatic rings. The molecular formula is C24H14Br2S4. The Bertz CT molecular complexity index is 1300. The Labute approximate surface area is 207 Å². The van der Waals surface area contributed by atoms with Gasteiger partial charge in [-0.05, 0) is 43.0 Å². The molecule has 0 amide bonds. The quantitative estimate of drug-likeness (QED) is 0.188. The summed E-state index contributed by atoms with van der Waals surface area (Å²) in [4.78, 5) is 0. The van der Waals surface area contributed by atoms with Gasteiger partial charge in [0.25, 0.3) is 0 Å². The van der Waals surface area contributed by atoms with E-state index in [2.05, 4.69) is 114 Å². The van der Waals surface area contributed by atoms with Crippen LogP contribution in [0.1, 0.15) is 0 Å². The summed E-state index contributed by atoms with van der Waals surface area (Å²) in [5.74, 6) is 0. The summed E-state index contributed by atoms with van der Waals surface area (Å²) in [6, 6.07) is 21.3. The lowest BCUT2D eigenvalue weighted by atomic mass is 10.1. The molecule has 6 rings (SSSR count). The van der Waals surface area contributed by atoms with E-state index in [0.717, 1.165) is 0 Å². The van der Waals surface area contributed by atoms with Crippen molar-refractivity contribution >= 4 is 96.0 Å². The van der Waals surface area contributed by atoms with Gasteiger partial charge in [-0.25, -0.2) is 0 Å². The first-order valence-corrected chi connectivity index (χ1v) is 14.2. The third kappa shape index (κ3) is 3.97. The van der Waals surface area contributed by atoms with Gasteiger partial charge in [0.1, 0.15) is 0 Å². The van der Waals surface area contributed by atoms with Gasteiger partial charge in [-0.15, -0.1) is 45.3 Å². The second-order valence-electron chi connectivity index (χ2n) is 6.51. The van der Waals surface area contributed by atoms with Crippen LogP contribution in [-0.2, 0) is 0 Å². The molecule has 0 aliphatic heterocycles. The average Bonchev–Trinajstić information content (AvgIpc) is 3.54. The number of hydrogen-bond acceptors (Lipinski definition) is 4. The molecule has 6 heteroatoms. The van der Waals surface area contributed by atoms with Crippen molar-refractivity contribution in [2.24, 2.45) is 0 Å². The van der Waals surface area contributed by atoms with Crippen LogP contribution in [0, 0.1) is 0 Å². The van der Waals surface area contributed by atoms with E-state index in [1.54, 1.807) is 22.7 Å². The van der Waals surface area contributed by atoms with Crippen LogP contribution in [0.4, 0.5) is 0 Å². The van der Waals surface area contributed by atoms with Gasteiger partial charge in [-0.2, -0.15) is 0 Å². The Morgan fingerprint density at radius 3 is 1.20 bits per heavy atom. The topological polar surface area (TPSA) is 0 Å². The van der Waals surface area contributed by atoms with E-state index in [-0.39, 0.29) is 0 Å². The lowest BCUT2D eigenvalue weighted by Gasteiger charge is -1.96. The number of hydrogen-bond donors (Lipinski definition) is 0. The molecule has 0 unspecified atom stereocenters. The van der Waals surface area contributed by atoms with E-state index in [0.29, 0.717) is 0 Å². The maximum Gasteiger partial charge on any atom is 0.0604 e. The maximum absolute atomic E-state index is 3.48. The van der Waals surface area contributed by atoms with Crippen molar-refractivity contribution in [2.45, 2.75) is 0 Å². The highest BCUT2D eigenvalue weighted by Gasteiger charge is 2.13. The fourth-order valence-electron chi connectivity index (χ4n) is 3.22. The largest absolute Gasteiger partial charge is 0.142 e. The van der Waals surface area contributed by atoms with Crippen molar-refractivity contribution in [1.29, 1.82) is 0 Å². The summed E-state index contributed by atoms with van der Waals surface area (Å²) in [5, 5.41) is 8.80. The molecule has 4 aromatic heterocycles. The van der Waals surface area contributed by atoms with Crippen molar-refractivity contribution in [3.63, 3.8) is 0 Å². The van der Waals surface area contributed by atoms with Crippen LogP contribution in [0.15, 0.2) is 91.1 Å². The first-order chi connectivity index (χ1) is 14.7. The molecule has 0 spiro atoms. The number of benzene rings is 2. The predicted molar refractivity (Wildman–Crippen MR) is 146 cm³/mol. The van der Waals surface area contributed by atoms with Crippen molar-refractivity contribution in [3.05, 3.63) is 91.1 Å². The summed E-state index contributed by atoms with van der Waals surface area (Å²) in [5.41, 5.74) is 5.33. The summed E-state index contributed by atoms with van der Waals surface area (Å²) in [6.07, 6.45) is 0. The minimum atomic E-state index is 1.21. The maximum atomic E-state index is 3.48. The molecule has 0 bridgehead atoms. The van der Waals surface area contributed by atoms with E-state index < -0.39 is 0 Å². The van der Waals surface area contributed by atoms with Crippen LogP contribution in [-0.4, -0.2) is 0 Å². The standard InChI is InChI=1S/C18H12S2.C6H2Br2S2/c1-3-7-13(8-4-1)15-11-19-18-16(12-20-17(15)18)14-9-5-2-6-10-14;7-3-1-9-6-4(8)2-10-5(3)6/h1-12H;1-2H. The van der Waals surface area contributed by atoms with Crippen LogP contribution in [0.3, 0.4) is 0 Å². The molecule has 6 aromatic rings. The SMILES string of the molecule is Brc1csc2c(Br)csc12.c1ccc(-c2csc3c(-c4ccccc4)csc23)cc1. The molecule has 0 fully saturated rings. The van der Waals surface area contributed by atoms with Gasteiger partial charge in [0.15, 0.2) is 0 Å². The number of halogens is 2. The predicted octanol–water partition coefficient (Wildman–Crippen LogP) is 10.8. The highest BCUT2D eigenvalue weighted by Crippen LogP contribution is 2.44. The average molecular weight is 590 g/mol. The van der Waals surface area contributed by atoms with Crippen LogP contribution in [0.25, 0.3) is 41.1 Å². The van der Waals surface area contributed by atoms with Crippen molar-refractivity contribution in [2.75, 3.05) is 0 Å². The Kier molecular flexibility index (Phi) is 6.23. The fraction of sp³-hybridized carbons (Fsp3) is 0. The smallest absolute Gasteiger partial charge is 0.0604 e. The summed E-state index contributed by atoms with van der Waals surface area (Å²) in [7, 11) is 0. The van der Waals surface area contributed by atoms with E-state index >= 15 is 0 Å². The van der Waals surface area contributed by atoms with Gasteiger partial charge in [-0.3, -0.25) is 0 Å². The van der Waals surface area contributed by atoms with Gasteiger partial charge in [0.2, 0.25) is 0 Å². The van der Waals surface area contributed by atoms with Crippen molar-refractivity contribution in [1.82, 2.24) is 0 Å². The molecule has 2 aromatic carbocycles. The number of fused-ring (bicyclic) bond motifs is 2. The Hall–Kier alpha value is -1.28. The summed E-state index contributed by atoms with van der Waals surface area (Å²) < 4.78 is 7.92. The third-order valence-electron chi connectivity index (χ3n) is 4.65. The lowest BCUT2D eigenvalue weighted by Crippen LogP contribution is -1.71. The van der Waals surface area contributed by atoms with E-state index in [1.165, 1.54) is 50.0 Å². The van der Waals surface area contributed by atoms with Gasteiger partial charge in [0.05, 0.1) is 18.8 Å². The summed E-state index contributed by atoms with van der Waals surface area (Å²) >= 11 is 14.2. The molecule has 30 heavy (non-hydrogen) atoms. The molecule has 4 heterocycles. The first kappa shape index (κ1) is 20.6. The van der Waals surface area contributed by atoms with E-state index in [9.17, 15) is 0 Å². The monoisotopic (exact) mass is 588 g/mol. The van der Waals surface area contributed by atoms with Crippen LogP contribution >= 0.6 is 77.2 Å². The second-order valence-corrected chi connectivity index (χ2v) is 11.7. The van der Waals surface area contributed by atoms with Gasteiger partial charge >= 0.3 is 0 Å². The zero-order valence-corrected chi connectivity index (χ0v) is 21.9. The second kappa shape index (κ2) is 9.07. The molecule has 0 saturated heterocycles. The lowest BCUT2D eigenvalue weighted by molar-refractivity contribution is 1.69. The highest BCUT2D eigenvalue weighted by molar-refractivity contribution is 9.11. The molecule has 0 nitrogen and oxygen atoms in total. The van der Waals surface area contributed by atoms with Gasteiger partial charge in [0, 0.05) is 41.6 Å². The van der Waals surface area contributed by atoms with Crippen LogP contribution < -0.4 is 0 Å². The third-order valence-corrected chi connectivity index (χ3v) is 11.3. The van der Waals surface area contributed by atoms with Crippen molar-refractivity contribution < 1.29 is 0 Å². The Morgan fingerprint density at radius 2 is 0.800 bits per heavy atom. The van der Waals surface area contributed by atoms with E-state index in [1.807, 2.05) is 22.7 Å². The van der Waals surface area contributed by atoms with Gasteiger partial charge < -0.3 is 0 Å². The normalized spacial score (nSPS) is 11.0.